The lowest BCUT2D eigenvalue weighted by molar-refractivity contribution is 0.113. The monoisotopic (exact) mass is 423 g/mol. The van der Waals surface area contributed by atoms with E-state index < -0.39 is 0 Å². The quantitative estimate of drug-likeness (QED) is 0.625. The number of carbonyl (C=O) groups is 1. The molecule has 2 amide bonds. The molecular formula is C26H37N3O2. The fourth-order valence-electron chi connectivity index (χ4n) is 4.02. The maximum atomic E-state index is 12.8. The number of hydrogen-bond acceptors (Lipinski definition) is 3. The number of urea groups is 1. The van der Waals surface area contributed by atoms with Gasteiger partial charge in [-0.3, -0.25) is 4.90 Å². The molecule has 0 aromatic heterocycles. The molecule has 0 radical (unpaired) electrons. The van der Waals surface area contributed by atoms with Crippen molar-refractivity contribution < 1.29 is 9.53 Å². The molecule has 0 aliphatic carbocycles. The number of benzene rings is 2. The first-order chi connectivity index (χ1) is 14.8. The molecule has 0 spiro atoms. The van der Waals surface area contributed by atoms with Crippen molar-refractivity contribution in [1.29, 1.82) is 0 Å². The second kappa shape index (κ2) is 10.7. The van der Waals surface area contributed by atoms with E-state index in [-0.39, 0.29) is 11.6 Å². The molecule has 1 N–H and O–H groups in total. The van der Waals surface area contributed by atoms with Crippen LogP contribution < -0.4 is 10.1 Å². The number of hydrogen-bond donors (Lipinski definition) is 1. The molecule has 0 saturated carbocycles. The van der Waals surface area contributed by atoms with Gasteiger partial charge in [0.2, 0.25) is 0 Å². The second-order valence-corrected chi connectivity index (χ2v) is 9.44. The molecule has 1 aliphatic heterocycles. The van der Waals surface area contributed by atoms with Gasteiger partial charge in [-0.15, -0.1) is 0 Å². The first kappa shape index (κ1) is 23.1. The fourth-order valence-corrected chi connectivity index (χ4v) is 4.02. The smallest absolute Gasteiger partial charge is 0.318 e. The van der Waals surface area contributed by atoms with Crippen LogP contribution in [0.15, 0.2) is 54.6 Å². The minimum absolute atomic E-state index is 0.0711. The predicted molar refractivity (Wildman–Crippen MR) is 127 cm³/mol. The first-order valence-corrected chi connectivity index (χ1v) is 11.5. The van der Waals surface area contributed by atoms with Crippen molar-refractivity contribution in [3.63, 3.8) is 0 Å². The molecule has 5 heteroatoms. The van der Waals surface area contributed by atoms with Crippen LogP contribution >= 0.6 is 0 Å². The summed E-state index contributed by atoms with van der Waals surface area (Å²) in [6, 6.07) is 18.6. The number of nitrogens with one attached hydrogen (secondary N) is 1. The average molecular weight is 424 g/mol. The molecule has 0 atom stereocenters. The molecule has 5 nitrogen and oxygen atoms in total. The molecule has 1 aliphatic rings. The summed E-state index contributed by atoms with van der Waals surface area (Å²) in [6.07, 6.45) is 3.02. The summed E-state index contributed by atoms with van der Waals surface area (Å²) in [5.41, 5.74) is 1.08. The van der Waals surface area contributed by atoms with Gasteiger partial charge in [-0.1, -0.05) is 37.3 Å². The number of rotatable bonds is 7. The van der Waals surface area contributed by atoms with Crippen molar-refractivity contribution in [3.05, 3.63) is 60.2 Å². The molecule has 1 fully saturated rings. The largest absolute Gasteiger partial charge is 0.457 e. The Morgan fingerprint density at radius 1 is 1.03 bits per heavy atom. The Kier molecular flexibility index (Phi) is 7.97. The van der Waals surface area contributed by atoms with Gasteiger partial charge in [-0.2, -0.15) is 0 Å². The minimum atomic E-state index is -0.208. The van der Waals surface area contributed by atoms with Crippen LogP contribution in [0.5, 0.6) is 11.5 Å². The van der Waals surface area contributed by atoms with E-state index in [4.69, 9.17) is 4.74 Å². The van der Waals surface area contributed by atoms with Crippen LogP contribution in [0.4, 0.5) is 4.79 Å². The van der Waals surface area contributed by atoms with Crippen LogP contribution in [0, 0.1) is 0 Å². The van der Waals surface area contributed by atoms with Gasteiger partial charge in [-0.05, 0) is 69.9 Å². The molecule has 2 aromatic rings. The zero-order valence-electron chi connectivity index (χ0n) is 19.4. The highest BCUT2D eigenvalue weighted by Gasteiger charge is 2.29. The third-order valence-electron chi connectivity index (χ3n) is 5.51. The molecule has 2 aromatic carbocycles. The standard InChI is InChI=1S/C26H37N3O2/c1-5-17-29(25(30)27-26(2,3)4)22-15-18-28(19-16-22)20-21-11-13-24(14-12-21)31-23-9-7-6-8-10-23/h6-14,22H,5,15-20H2,1-4H3,(H,27,30). The van der Waals surface area contributed by atoms with Gasteiger partial charge in [0.15, 0.2) is 0 Å². The normalized spacial score (nSPS) is 15.5. The van der Waals surface area contributed by atoms with Crippen molar-refractivity contribution in [1.82, 2.24) is 15.1 Å². The van der Waals surface area contributed by atoms with Gasteiger partial charge in [0.25, 0.3) is 0 Å². The fraction of sp³-hybridized carbons (Fsp3) is 0.500. The second-order valence-electron chi connectivity index (χ2n) is 9.44. The predicted octanol–water partition coefficient (Wildman–Crippen LogP) is 5.66. The number of amides is 2. The van der Waals surface area contributed by atoms with Crippen molar-refractivity contribution >= 4 is 6.03 Å². The van der Waals surface area contributed by atoms with Crippen LogP contribution in [-0.4, -0.2) is 47.0 Å². The molecule has 0 bridgehead atoms. The lowest BCUT2D eigenvalue weighted by atomic mass is 10.0. The Bertz CT molecular complexity index is 807. The Labute approximate surface area is 187 Å². The average Bonchev–Trinajstić information content (AvgIpc) is 2.74. The summed E-state index contributed by atoms with van der Waals surface area (Å²) in [5.74, 6) is 1.71. The van der Waals surface area contributed by atoms with Crippen LogP contribution in [0.1, 0.15) is 52.5 Å². The van der Waals surface area contributed by atoms with E-state index in [1.807, 2.05) is 63.2 Å². The van der Waals surface area contributed by atoms with Gasteiger partial charge in [-0.25, -0.2) is 4.79 Å². The van der Waals surface area contributed by atoms with Crippen LogP contribution in [0.25, 0.3) is 0 Å². The number of ether oxygens (including phenoxy) is 1. The number of nitrogens with zero attached hydrogens (tertiary/aromatic N) is 2. The summed E-state index contributed by atoms with van der Waals surface area (Å²) in [7, 11) is 0. The maximum Gasteiger partial charge on any atom is 0.318 e. The number of carbonyl (C=O) groups excluding carboxylic acids is 1. The minimum Gasteiger partial charge on any atom is -0.457 e. The lowest BCUT2D eigenvalue weighted by Gasteiger charge is -2.39. The SMILES string of the molecule is CCCN(C(=O)NC(C)(C)C)C1CCN(Cc2ccc(Oc3ccccc3)cc2)CC1. The van der Waals surface area contributed by atoms with Gasteiger partial charge < -0.3 is 15.0 Å². The van der Waals surface area contributed by atoms with E-state index in [9.17, 15) is 4.79 Å². The molecule has 0 unspecified atom stereocenters. The molecule has 31 heavy (non-hydrogen) atoms. The molecular weight excluding hydrogens is 386 g/mol. The third kappa shape index (κ3) is 7.28. The summed E-state index contributed by atoms with van der Waals surface area (Å²) >= 11 is 0. The van der Waals surface area contributed by atoms with Gasteiger partial charge in [0.1, 0.15) is 11.5 Å². The third-order valence-corrected chi connectivity index (χ3v) is 5.51. The number of likely N-dealkylation sites (tertiary alicyclic amines) is 1. The van der Waals surface area contributed by atoms with E-state index in [1.165, 1.54) is 5.56 Å². The summed E-state index contributed by atoms with van der Waals surface area (Å²) in [6.45, 7) is 12.0. The van der Waals surface area contributed by atoms with Crippen LogP contribution in [-0.2, 0) is 6.54 Å². The Morgan fingerprint density at radius 2 is 1.65 bits per heavy atom. The highest BCUT2D eigenvalue weighted by molar-refractivity contribution is 5.75. The summed E-state index contributed by atoms with van der Waals surface area (Å²) < 4.78 is 5.89. The van der Waals surface area contributed by atoms with E-state index in [0.29, 0.717) is 6.04 Å². The zero-order valence-corrected chi connectivity index (χ0v) is 19.4. The summed E-state index contributed by atoms with van der Waals surface area (Å²) in [5, 5.41) is 3.14. The zero-order chi connectivity index (χ0) is 22.3. The first-order valence-electron chi connectivity index (χ1n) is 11.5. The lowest BCUT2D eigenvalue weighted by Crippen LogP contribution is -2.54. The van der Waals surface area contributed by atoms with Crippen molar-refractivity contribution in [2.75, 3.05) is 19.6 Å². The topological polar surface area (TPSA) is 44.8 Å². The van der Waals surface area contributed by atoms with E-state index in [1.54, 1.807) is 0 Å². The van der Waals surface area contributed by atoms with Gasteiger partial charge >= 0.3 is 6.03 Å². The van der Waals surface area contributed by atoms with Crippen molar-refractivity contribution in [3.8, 4) is 11.5 Å². The molecule has 1 saturated heterocycles. The van der Waals surface area contributed by atoms with E-state index >= 15 is 0 Å². The highest BCUT2D eigenvalue weighted by atomic mass is 16.5. The van der Waals surface area contributed by atoms with Crippen LogP contribution in [0.2, 0.25) is 0 Å². The molecule has 3 rings (SSSR count). The highest BCUT2D eigenvalue weighted by Crippen LogP contribution is 2.23. The van der Waals surface area contributed by atoms with E-state index in [2.05, 4.69) is 34.2 Å². The Morgan fingerprint density at radius 3 is 2.23 bits per heavy atom. The van der Waals surface area contributed by atoms with Crippen molar-refractivity contribution in [2.45, 2.75) is 65.1 Å². The van der Waals surface area contributed by atoms with Crippen LogP contribution in [0.3, 0.4) is 0 Å². The Balaban J connectivity index is 1.50. The number of para-hydroxylation sites is 1. The van der Waals surface area contributed by atoms with E-state index in [0.717, 1.165) is 56.9 Å². The maximum absolute atomic E-state index is 12.8. The summed E-state index contributed by atoms with van der Waals surface area (Å²) in [4.78, 5) is 17.3. The molecule has 168 valence electrons. The Hall–Kier alpha value is -2.53. The van der Waals surface area contributed by atoms with Crippen molar-refractivity contribution in [2.24, 2.45) is 0 Å². The van der Waals surface area contributed by atoms with Gasteiger partial charge in [0.05, 0.1) is 0 Å². The number of piperidine rings is 1. The van der Waals surface area contributed by atoms with Gasteiger partial charge in [0, 0.05) is 37.8 Å². The molecule has 1 heterocycles.